The summed E-state index contributed by atoms with van der Waals surface area (Å²) in [6.07, 6.45) is 0. The van der Waals surface area contributed by atoms with Crippen LogP contribution >= 0.6 is 11.6 Å². The van der Waals surface area contributed by atoms with E-state index >= 15 is 0 Å². The lowest BCUT2D eigenvalue weighted by molar-refractivity contribution is -0.152. The molecular weight excluding hydrogens is 245 g/mol. The van der Waals surface area contributed by atoms with Crippen LogP contribution < -0.4 is 5.73 Å². The lowest BCUT2D eigenvalue weighted by Crippen LogP contribution is -2.38. The summed E-state index contributed by atoms with van der Waals surface area (Å²) in [5.74, 6) is -1.04. The van der Waals surface area contributed by atoms with E-state index in [9.17, 15) is 9.18 Å². The quantitative estimate of drug-likeness (QED) is 0.849. The van der Waals surface area contributed by atoms with E-state index in [4.69, 9.17) is 17.3 Å². The fourth-order valence-electron chi connectivity index (χ4n) is 1.56. The number of ether oxygens (including phenoxy) is 1. The van der Waals surface area contributed by atoms with Crippen molar-refractivity contribution in [3.63, 3.8) is 0 Å². The molecule has 0 unspecified atom stereocenters. The summed E-state index contributed by atoms with van der Waals surface area (Å²) < 4.78 is 18.3. The van der Waals surface area contributed by atoms with Gasteiger partial charge in [0.25, 0.3) is 0 Å². The number of nitrogens with two attached hydrogens (primary N) is 1. The number of rotatable bonds is 3. The Morgan fingerprint density at radius 1 is 1.53 bits per heavy atom. The van der Waals surface area contributed by atoms with Gasteiger partial charge >= 0.3 is 5.97 Å². The number of esters is 1. The molecular formula is C12H15ClFNO2. The predicted octanol–water partition coefficient (Wildman–Crippen LogP) is 2.68. The van der Waals surface area contributed by atoms with Crippen LogP contribution in [-0.4, -0.2) is 13.1 Å². The normalized spacial score (nSPS) is 13.3. The highest BCUT2D eigenvalue weighted by molar-refractivity contribution is 6.31. The summed E-state index contributed by atoms with van der Waals surface area (Å²) in [5, 5.41) is 0.203. The van der Waals surface area contributed by atoms with E-state index < -0.39 is 23.2 Å². The van der Waals surface area contributed by atoms with Gasteiger partial charge in [-0.2, -0.15) is 0 Å². The number of methoxy groups -OCH3 is 1. The molecule has 94 valence electrons. The molecule has 0 radical (unpaired) electrons. The average molecular weight is 260 g/mol. The van der Waals surface area contributed by atoms with Gasteiger partial charge in [-0.25, -0.2) is 4.39 Å². The minimum atomic E-state index is -1.05. The number of hydrogen-bond acceptors (Lipinski definition) is 3. The first-order valence-corrected chi connectivity index (χ1v) is 5.48. The van der Waals surface area contributed by atoms with Gasteiger partial charge in [0.2, 0.25) is 0 Å². The highest BCUT2D eigenvalue weighted by Crippen LogP contribution is 2.37. The van der Waals surface area contributed by atoms with Crippen LogP contribution in [0.1, 0.15) is 25.5 Å². The highest BCUT2D eigenvalue weighted by atomic mass is 35.5. The lowest BCUT2D eigenvalue weighted by Gasteiger charge is -2.29. The van der Waals surface area contributed by atoms with Crippen LogP contribution in [0.15, 0.2) is 18.2 Å². The van der Waals surface area contributed by atoms with Crippen LogP contribution in [0.5, 0.6) is 0 Å². The molecule has 0 saturated carbocycles. The molecule has 0 aromatic heterocycles. The molecule has 17 heavy (non-hydrogen) atoms. The summed E-state index contributed by atoms with van der Waals surface area (Å²) in [5.41, 5.74) is 5.00. The van der Waals surface area contributed by atoms with Crippen molar-refractivity contribution in [3.8, 4) is 0 Å². The number of hydrogen-bond donors (Lipinski definition) is 1. The molecule has 2 N–H and O–H groups in total. The van der Waals surface area contributed by atoms with Crippen molar-refractivity contribution < 1.29 is 13.9 Å². The highest BCUT2D eigenvalue weighted by Gasteiger charge is 2.38. The minimum absolute atomic E-state index is 0.129. The van der Waals surface area contributed by atoms with Crippen LogP contribution in [0.3, 0.4) is 0 Å². The van der Waals surface area contributed by atoms with Crippen LogP contribution in [0, 0.1) is 11.2 Å². The van der Waals surface area contributed by atoms with Crippen molar-refractivity contribution in [2.75, 3.05) is 7.11 Å². The molecule has 0 bridgehead atoms. The number of carbonyl (C=O) groups is 1. The molecule has 0 spiro atoms. The summed E-state index contributed by atoms with van der Waals surface area (Å²) in [4.78, 5) is 11.6. The van der Waals surface area contributed by atoms with Crippen molar-refractivity contribution in [1.29, 1.82) is 0 Å². The fraction of sp³-hybridized carbons (Fsp3) is 0.417. The van der Waals surface area contributed by atoms with Gasteiger partial charge in [-0.3, -0.25) is 4.79 Å². The summed E-state index contributed by atoms with van der Waals surface area (Å²) in [7, 11) is 1.26. The van der Waals surface area contributed by atoms with E-state index in [1.165, 1.54) is 25.3 Å². The molecule has 0 aliphatic carbocycles. The van der Waals surface area contributed by atoms with E-state index in [1.54, 1.807) is 13.8 Å². The van der Waals surface area contributed by atoms with Gasteiger partial charge in [-0.1, -0.05) is 17.7 Å². The third-order valence-corrected chi connectivity index (χ3v) is 3.13. The van der Waals surface area contributed by atoms with Crippen LogP contribution in [0.25, 0.3) is 0 Å². The first-order valence-electron chi connectivity index (χ1n) is 5.10. The fourth-order valence-corrected chi connectivity index (χ4v) is 1.84. The monoisotopic (exact) mass is 259 g/mol. The molecule has 0 amide bonds. The Kier molecular flexibility index (Phi) is 4.11. The Hall–Kier alpha value is -1.13. The Labute approximate surface area is 105 Å². The Morgan fingerprint density at radius 2 is 2.12 bits per heavy atom. The zero-order chi connectivity index (χ0) is 13.2. The van der Waals surface area contributed by atoms with Crippen molar-refractivity contribution in [1.82, 2.24) is 0 Å². The van der Waals surface area contributed by atoms with E-state index in [2.05, 4.69) is 4.74 Å². The third-order valence-electron chi connectivity index (χ3n) is 2.80. The molecule has 1 atom stereocenters. The summed E-state index contributed by atoms with van der Waals surface area (Å²) >= 11 is 5.91. The van der Waals surface area contributed by atoms with Gasteiger partial charge in [0.1, 0.15) is 5.82 Å². The summed E-state index contributed by atoms with van der Waals surface area (Å²) in [6.45, 7) is 3.18. The number of halogens is 2. The first-order chi connectivity index (χ1) is 7.82. The second-order valence-corrected chi connectivity index (χ2v) is 4.73. The average Bonchev–Trinajstić information content (AvgIpc) is 2.27. The Balaban J connectivity index is 3.21. The van der Waals surface area contributed by atoms with Crippen LogP contribution in [0.2, 0.25) is 5.02 Å². The molecule has 1 aromatic rings. The standard InChI is InChI=1S/C12H15ClFNO2/c1-12(2,11(16)17-3)10(15)9-7(13)5-4-6-8(9)14/h4-6,10H,15H2,1-3H3/t10-/m1/s1. The predicted molar refractivity (Wildman–Crippen MR) is 64.1 cm³/mol. The van der Waals surface area contributed by atoms with Gasteiger partial charge in [0, 0.05) is 16.6 Å². The van der Waals surface area contributed by atoms with E-state index in [0.29, 0.717) is 0 Å². The third kappa shape index (κ3) is 2.58. The molecule has 0 heterocycles. The topological polar surface area (TPSA) is 52.3 Å². The molecule has 0 saturated heterocycles. The largest absolute Gasteiger partial charge is 0.469 e. The smallest absolute Gasteiger partial charge is 0.313 e. The van der Waals surface area contributed by atoms with Gasteiger partial charge in [0.15, 0.2) is 0 Å². The molecule has 0 aliphatic heterocycles. The molecule has 3 nitrogen and oxygen atoms in total. The number of benzene rings is 1. The molecule has 0 aliphatic rings. The summed E-state index contributed by atoms with van der Waals surface area (Å²) in [6, 6.07) is 3.41. The Bertz CT molecular complexity index is 414. The molecule has 1 rings (SSSR count). The Morgan fingerprint density at radius 3 is 2.59 bits per heavy atom. The van der Waals surface area contributed by atoms with Gasteiger partial charge in [-0.05, 0) is 26.0 Å². The van der Waals surface area contributed by atoms with Crippen molar-refractivity contribution >= 4 is 17.6 Å². The van der Waals surface area contributed by atoms with E-state index in [0.717, 1.165) is 0 Å². The lowest BCUT2D eigenvalue weighted by atomic mass is 9.81. The SMILES string of the molecule is COC(=O)C(C)(C)[C@H](N)c1c(F)cccc1Cl. The molecule has 5 heteroatoms. The number of carbonyl (C=O) groups excluding carboxylic acids is 1. The molecule has 1 aromatic carbocycles. The van der Waals surface area contributed by atoms with Crippen molar-refractivity contribution in [3.05, 3.63) is 34.6 Å². The zero-order valence-corrected chi connectivity index (χ0v) is 10.7. The van der Waals surface area contributed by atoms with Gasteiger partial charge in [0.05, 0.1) is 12.5 Å². The van der Waals surface area contributed by atoms with Crippen LogP contribution in [-0.2, 0) is 9.53 Å². The van der Waals surface area contributed by atoms with E-state index in [1.807, 2.05) is 0 Å². The van der Waals surface area contributed by atoms with Crippen LogP contribution in [0.4, 0.5) is 4.39 Å². The van der Waals surface area contributed by atoms with Gasteiger partial charge < -0.3 is 10.5 Å². The van der Waals surface area contributed by atoms with Gasteiger partial charge in [-0.15, -0.1) is 0 Å². The maximum absolute atomic E-state index is 13.7. The maximum atomic E-state index is 13.7. The first kappa shape index (κ1) is 13.9. The minimum Gasteiger partial charge on any atom is -0.469 e. The van der Waals surface area contributed by atoms with Crippen molar-refractivity contribution in [2.24, 2.45) is 11.1 Å². The maximum Gasteiger partial charge on any atom is 0.313 e. The zero-order valence-electron chi connectivity index (χ0n) is 9.96. The van der Waals surface area contributed by atoms with Crippen molar-refractivity contribution in [2.45, 2.75) is 19.9 Å². The van der Waals surface area contributed by atoms with E-state index in [-0.39, 0.29) is 10.6 Å². The molecule has 0 fully saturated rings. The second kappa shape index (κ2) is 5.02. The second-order valence-electron chi connectivity index (χ2n) is 4.33.